The molecule has 3 N–H and O–H groups in total. The summed E-state index contributed by atoms with van der Waals surface area (Å²) in [7, 11) is -4.51. The van der Waals surface area contributed by atoms with Crippen molar-refractivity contribution in [2.24, 2.45) is 0 Å². The van der Waals surface area contributed by atoms with Gasteiger partial charge < -0.3 is 10.2 Å². The fourth-order valence-electron chi connectivity index (χ4n) is 2.33. The lowest BCUT2D eigenvalue weighted by atomic mass is 10.0. The summed E-state index contributed by atoms with van der Waals surface area (Å²) in [6, 6.07) is 0. The molecule has 0 aromatic heterocycles. The maximum absolute atomic E-state index is 10.3. The minimum absolute atomic E-state index is 0.179. The summed E-state index contributed by atoms with van der Waals surface area (Å²) in [6.45, 7) is 1.76. The summed E-state index contributed by atoms with van der Waals surface area (Å²) in [5, 5.41) is 19.3. The van der Waals surface area contributed by atoms with Crippen LogP contribution in [0.1, 0.15) is 84.0 Å². The number of hydrogen-bond acceptors (Lipinski definition) is 5. The Morgan fingerprint density at radius 3 is 1.73 bits per heavy atom. The zero-order chi connectivity index (χ0) is 16.9. The highest BCUT2D eigenvalue weighted by molar-refractivity contribution is 7.80. The number of aliphatic hydroxyl groups is 2. The lowest BCUT2D eigenvalue weighted by molar-refractivity contribution is -0.174. The summed E-state index contributed by atoms with van der Waals surface area (Å²) in [5.41, 5.74) is 0. The highest BCUT2D eigenvalue weighted by Gasteiger charge is 2.23. The number of unbranched alkanes of at least 4 members (excludes halogenated alkanes) is 9. The molecular formula is C15H32O6S. The van der Waals surface area contributed by atoms with Crippen LogP contribution in [0.25, 0.3) is 0 Å². The molecule has 0 aliphatic heterocycles. The van der Waals surface area contributed by atoms with E-state index in [2.05, 4.69) is 11.1 Å². The highest BCUT2D eigenvalue weighted by atomic mass is 32.3. The third-order valence-corrected chi connectivity index (χ3v) is 4.13. The van der Waals surface area contributed by atoms with Crippen molar-refractivity contribution in [3.63, 3.8) is 0 Å². The van der Waals surface area contributed by atoms with E-state index < -0.39 is 22.8 Å². The standard InChI is InChI=1S/C15H32O6S/c1-2-3-4-5-6-7-8-9-10-11-12-15(16,17)13-14-21-22(18,19)20/h16-17H,2-14H2,1H3,(H,18,19,20). The lowest BCUT2D eigenvalue weighted by Gasteiger charge is -2.21. The van der Waals surface area contributed by atoms with Gasteiger partial charge in [-0.25, -0.2) is 4.18 Å². The van der Waals surface area contributed by atoms with Crippen molar-refractivity contribution in [2.75, 3.05) is 6.61 Å². The van der Waals surface area contributed by atoms with Gasteiger partial charge in [-0.2, -0.15) is 8.42 Å². The van der Waals surface area contributed by atoms with E-state index in [-0.39, 0.29) is 12.8 Å². The molecule has 7 heteroatoms. The monoisotopic (exact) mass is 340 g/mol. The van der Waals surface area contributed by atoms with Gasteiger partial charge in [-0.05, 0) is 6.42 Å². The Morgan fingerprint density at radius 1 is 0.818 bits per heavy atom. The Hall–Kier alpha value is -0.210. The van der Waals surface area contributed by atoms with Gasteiger partial charge in [-0.1, -0.05) is 64.7 Å². The molecule has 0 heterocycles. The minimum Gasteiger partial charge on any atom is -0.366 e. The Kier molecular flexibility index (Phi) is 12.1. The van der Waals surface area contributed by atoms with Gasteiger partial charge in [0.05, 0.1) is 6.61 Å². The van der Waals surface area contributed by atoms with E-state index >= 15 is 0 Å². The van der Waals surface area contributed by atoms with Crippen LogP contribution in [-0.2, 0) is 14.6 Å². The predicted molar refractivity (Wildman–Crippen MR) is 85.7 cm³/mol. The zero-order valence-corrected chi connectivity index (χ0v) is 14.5. The van der Waals surface area contributed by atoms with E-state index in [4.69, 9.17) is 4.55 Å². The quantitative estimate of drug-likeness (QED) is 0.240. The number of hydrogen-bond donors (Lipinski definition) is 3. The van der Waals surface area contributed by atoms with Crippen molar-refractivity contribution in [1.82, 2.24) is 0 Å². The molecule has 0 unspecified atom stereocenters. The van der Waals surface area contributed by atoms with Crippen molar-refractivity contribution in [3.05, 3.63) is 0 Å². The average molecular weight is 340 g/mol. The van der Waals surface area contributed by atoms with Crippen molar-refractivity contribution in [3.8, 4) is 0 Å². The van der Waals surface area contributed by atoms with Gasteiger partial charge in [-0.3, -0.25) is 4.55 Å². The third-order valence-electron chi connectivity index (χ3n) is 3.67. The zero-order valence-electron chi connectivity index (χ0n) is 13.7. The van der Waals surface area contributed by atoms with E-state index in [1.165, 1.54) is 44.9 Å². The molecule has 0 saturated heterocycles. The Labute approximate surface area is 134 Å². The Morgan fingerprint density at radius 2 is 1.27 bits per heavy atom. The predicted octanol–water partition coefficient (Wildman–Crippen LogP) is 3.19. The molecule has 0 atom stereocenters. The molecule has 0 aromatic carbocycles. The van der Waals surface area contributed by atoms with Crippen LogP contribution in [0.4, 0.5) is 0 Å². The molecule has 22 heavy (non-hydrogen) atoms. The van der Waals surface area contributed by atoms with Crippen LogP contribution >= 0.6 is 0 Å². The van der Waals surface area contributed by atoms with Crippen LogP contribution in [0.2, 0.25) is 0 Å². The molecule has 0 fully saturated rings. The molecule has 0 saturated carbocycles. The van der Waals surface area contributed by atoms with E-state index in [0.29, 0.717) is 6.42 Å². The van der Waals surface area contributed by atoms with Gasteiger partial charge in [0, 0.05) is 12.8 Å². The first-order valence-corrected chi connectivity index (χ1v) is 9.70. The van der Waals surface area contributed by atoms with Crippen LogP contribution < -0.4 is 0 Å². The first-order valence-electron chi connectivity index (χ1n) is 8.33. The van der Waals surface area contributed by atoms with E-state index in [1.54, 1.807) is 0 Å². The summed E-state index contributed by atoms with van der Waals surface area (Å²) < 4.78 is 33.1. The van der Waals surface area contributed by atoms with Crippen LogP contribution in [0.5, 0.6) is 0 Å². The Balaban J connectivity index is 3.45. The van der Waals surface area contributed by atoms with E-state index in [1.807, 2.05) is 0 Å². The molecule has 0 rings (SSSR count). The molecule has 0 aliphatic rings. The Bertz CT molecular complexity index is 353. The van der Waals surface area contributed by atoms with Gasteiger partial charge in [0.25, 0.3) is 0 Å². The summed E-state index contributed by atoms with van der Waals surface area (Å²) in [6.07, 6.45) is 11.5. The lowest BCUT2D eigenvalue weighted by Crippen LogP contribution is -2.30. The molecular weight excluding hydrogens is 308 g/mol. The first-order chi connectivity index (χ1) is 10.3. The molecule has 0 aromatic rings. The summed E-state index contributed by atoms with van der Waals surface area (Å²) in [4.78, 5) is 0. The van der Waals surface area contributed by atoms with E-state index in [0.717, 1.165) is 12.8 Å². The molecule has 0 radical (unpaired) electrons. The van der Waals surface area contributed by atoms with Crippen LogP contribution in [-0.4, -0.2) is 35.6 Å². The van der Waals surface area contributed by atoms with Gasteiger partial charge in [0.15, 0.2) is 5.79 Å². The largest absolute Gasteiger partial charge is 0.397 e. The highest BCUT2D eigenvalue weighted by Crippen LogP contribution is 2.18. The van der Waals surface area contributed by atoms with Crippen molar-refractivity contribution < 1.29 is 27.4 Å². The molecule has 6 nitrogen and oxygen atoms in total. The van der Waals surface area contributed by atoms with Crippen LogP contribution in [0.3, 0.4) is 0 Å². The molecule has 134 valence electrons. The SMILES string of the molecule is CCCCCCCCCCCCC(O)(O)CCOS(=O)(=O)O. The second-order valence-corrected chi connectivity index (χ2v) is 7.01. The van der Waals surface area contributed by atoms with Crippen molar-refractivity contribution in [2.45, 2.75) is 89.8 Å². The van der Waals surface area contributed by atoms with E-state index in [9.17, 15) is 18.6 Å². The second-order valence-electron chi connectivity index (χ2n) is 5.91. The third kappa shape index (κ3) is 16.2. The maximum Gasteiger partial charge on any atom is 0.397 e. The summed E-state index contributed by atoms with van der Waals surface area (Å²) in [5.74, 6) is -1.94. The van der Waals surface area contributed by atoms with Gasteiger partial charge in [0.1, 0.15) is 0 Å². The average Bonchev–Trinajstić information content (AvgIpc) is 2.39. The number of rotatable bonds is 15. The molecule has 0 amide bonds. The fraction of sp³-hybridized carbons (Fsp3) is 1.00. The fourth-order valence-corrected chi connectivity index (χ4v) is 2.62. The van der Waals surface area contributed by atoms with Gasteiger partial charge in [0.2, 0.25) is 0 Å². The smallest absolute Gasteiger partial charge is 0.366 e. The topological polar surface area (TPSA) is 104 Å². The molecule has 0 aliphatic carbocycles. The minimum atomic E-state index is -4.51. The van der Waals surface area contributed by atoms with Crippen LogP contribution in [0.15, 0.2) is 0 Å². The van der Waals surface area contributed by atoms with Crippen LogP contribution in [0, 0.1) is 0 Å². The molecule has 0 spiro atoms. The van der Waals surface area contributed by atoms with Crippen molar-refractivity contribution in [1.29, 1.82) is 0 Å². The van der Waals surface area contributed by atoms with Gasteiger partial charge >= 0.3 is 10.4 Å². The normalized spacial score (nSPS) is 12.7. The molecule has 0 bridgehead atoms. The van der Waals surface area contributed by atoms with Gasteiger partial charge in [-0.15, -0.1) is 0 Å². The summed E-state index contributed by atoms with van der Waals surface area (Å²) >= 11 is 0. The second kappa shape index (κ2) is 12.2. The first kappa shape index (κ1) is 21.8. The van der Waals surface area contributed by atoms with Crippen molar-refractivity contribution >= 4 is 10.4 Å². The maximum atomic E-state index is 10.3.